The molecular weight excluding hydrogens is 289 g/mol. The number of carbonyl (C=O) groups is 1. The van der Waals surface area contributed by atoms with Gasteiger partial charge in [0.15, 0.2) is 5.78 Å². The number of carbonyl (C=O) groups excluding carboxylic acids is 1. The third kappa shape index (κ3) is 2.56. The molecule has 1 saturated heterocycles. The maximum Gasteiger partial charge on any atom is 0.182 e. The van der Waals surface area contributed by atoms with E-state index in [4.69, 9.17) is 4.74 Å². The van der Waals surface area contributed by atoms with Gasteiger partial charge in [-0.25, -0.2) is 4.39 Å². The molecule has 0 saturated carbocycles. The van der Waals surface area contributed by atoms with Crippen LogP contribution in [0.3, 0.4) is 0 Å². The summed E-state index contributed by atoms with van der Waals surface area (Å²) in [4.78, 5) is 12.1. The molecule has 1 aromatic rings. The molecule has 1 aliphatic heterocycles. The fourth-order valence-corrected chi connectivity index (χ4v) is 2.33. The molecule has 0 aliphatic carbocycles. The lowest BCUT2D eigenvalue weighted by Gasteiger charge is -2.10. The van der Waals surface area contributed by atoms with E-state index in [1.807, 2.05) is 0 Å². The van der Waals surface area contributed by atoms with Crippen LogP contribution >= 0.6 is 15.9 Å². The first-order valence-corrected chi connectivity index (χ1v) is 6.17. The second kappa shape index (κ2) is 5.25. The average molecular weight is 302 g/mol. The molecular formula is C12H13BrFNO2. The van der Waals surface area contributed by atoms with Gasteiger partial charge in [0.25, 0.3) is 0 Å². The second-order valence-electron chi connectivity index (χ2n) is 4.02. The predicted octanol–water partition coefficient (Wildman–Crippen LogP) is 2.15. The van der Waals surface area contributed by atoms with E-state index in [1.165, 1.54) is 6.07 Å². The van der Waals surface area contributed by atoms with Gasteiger partial charge in [0, 0.05) is 13.7 Å². The first-order chi connectivity index (χ1) is 8.13. The van der Waals surface area contributed by atoms with Crippen molar-refractivity contribution in [3.63, 3.8) is 0 Å². The summed E-state index contributed by atoms with van der Waals surface area (Å²) in [6.45, 7) is 0.628. The van der Waals surface area contributed by atoms with E-state index in [2.05, 4.69) is 21.2 Å². The SMILES string of the molecule is COC1CNC(C(=O)c2cccc(Br)c2F)C1. The summed E-state index contributed by atoms with van der Waals surface area (Å²) in [5.41, 5.74) is 0.119. The third-order valence-corrected chi connectivity index (χ3v) is 3.57. The zero-order valence-corrected chi connectivity index (χ0v) is 11.0. The van der Waals surface area contributed by atoms with Crippen LogP contribution in [0.25, 0.3) is 0 Å². The Hall–Kier alpha value is -0.780. The minimum Gasteiger partial charge on any atom is -0.380 e. The first-order valence-electron chi connectivity index (χ1n) is 5.38. The standard InChI is InChI=1S/C12H13BrFNO2/c1-17-7-5-10(15-6-7)12(16)8-3-2-4-9(13)11(8)14/h2-4,7,10,15H,5-6H2,1H3. The van der Waals surface area contributed by atoms with E-state index in [0.717, 1.165) is 0 Å². The van der Waals surface area contributed by atoms with E-state index >= 15 is 0 Å². The number of hydrogen-bond donors (Lipinski definition) is 1. The van der Waals surface area contributed by atoms with Crippen LogP contribution in [-0.2, 0) is 4.74 Å². The van der Waals surface area contributed by atoms with Crippen LogP contribution in [0.4, 0.5) is 4.39 Å². The predicted molar refractivity (Wildman–Crippen MR) is 65.6 cm³/mol. The molecule has 2 unspecified atom stereocenters. The zero-order chi connectivity index (χ0) is 12.4. The van der Waals surface area contributed by atoms with Gasteiger partial charge >= 0.3 is 0 Å². The van der Waals surface area contributed by atoms with Crippen molar-refractivity contribution in [2.75, 3.05) is 13.7 Å². The number of benzene rings is 1. The molecule has 0 aromatic heterocycles. The van der Waals surface area contributed by atoms with Gasteiger partial charge in [-0.1, -0.05) is 6.07 Å². The fourth-order valence-electron chi connectivity index (χ4n) is 1.96. The van der Waals surface area contributed by atoms with Gasteiger partial charge in [0.2, 0.25) is 0 Å². The summed E-state index contributed by atoms with van der Waals surface area (Å²) in [6.07, 6.45) is 0.612. The summed E-state index contributed by atoms with van der Waals surface area (Å²) in [5.74, 6) is -0.719. The number of rotatable bonds is 3. The van der Waals surface area contributed by atoms with Crippen LogP contribution < -0.4 is 5.32 Å². The molecule has 1 heterocycles. The van der Waals surface area contributed by atoms with E-state index in [0.29, 0.717) is 17.4 Å². The van der Waals surface area contributed by atoms with Crippen molar-refractivity contribution < 1.29 is 13.9 Å². The number of nitrogens with one attached hydrogen (secondary N) is 1. The summed E-state index contributed by atoms with van der Waals surface area (Å²) < 4.78 is 19.2. The Morgan fingerprint density at radius 2 is 2.35 bits per heavy atom. The Morgan fingerprint density at radius 3 is 3.00 bits per heavy atom. The number of hydrogen-bond acceptors (Lipinski definition) is 3. The molecule has 0 amide bonds. The Balaban J connectivity index is 2.18. The quantitative estimate of drug-likeness (QED) is 0.870. The average Bonchev–Trinajstić information content (AvgIpc) is 2.80. The lowest BCUT2D eigenvalue weighted by Crippen LogP contribution is -2.31. The molecule has 92 valence electrons. The van der Waals surface area contributed by atoms with Gasteiger partial charge in [-0.15, -0.1) is 0 Å². The van der Waals surface area contributed by atoms with Gasteiger partial charge in [-0.05, 0) is 34.5 Å². The topological polar surface area (TPSA) is 38.3 Å². The monoisotopic (exact) mass is 301 g/mol. The van der Waals surface area contributed by atoms with Crippen molar-refractivity contribution in [1.29, 1.82) is 0 Å². The number of ether oxygens (including phenoxy) is 1. The number of halogens is 2. The fraction of sp³-hybridized carbons (Fsp3) is 0.417. The summed E-state index contributed by atoms with van der Waals surface area (Å²) in [6, 6.07) is 4.38. The number of Topliss-reactive ketones (excluding diaryl/α,β-unsaturated/α-hetero) is 1. The molecule has 2 rings (SSSR count). The largest absolute Gasteiger partial charge is 0.380 e. The minimum atomic E-state index is -0.500. The van der Waals surface area contributed by atoms with Gasteiger partial charge in [-0.3, -0.25) is 4.79 Å². The Morgan fingerprint density at radius 1 is 1.59 bits per heavy atom. The zero-order valence-electron chi connectivity index (χ0n) is 9.37. The molecule has 1 N–H and O–H groups in total. The van der Waals surface area contributed by atoms with Crippen molar-refractivity contribution in [3.05, 3.63) is 34.1 Å². The van der Waals surface area contributed by atoms with Crippen LogP contribution in [0.15, 0.2) is 22.7 Å². The van der Waals surface area contributed by atoms with Gasteiger partial charge in [0.1, 0.15) is 5.82 Å². The highest BCUT2D eigenvalue weighted by molar-refractivity contribution is 9.10. The first kappa shape index (κ1) is 12.7. The van der Waals surface area contributed by atoms with Crippen LogP contribution in [0, 0.1) is 5.82 Å². The Labute approximate surface area is 107 Å². The molecule has 5 heteroatoms. The maximum absolute atomic E-state index is 13.8. The lowest BCUT2D eigenvalue weighted by atomic mass is 10.0. The highest BCUT2D eigenvalue weighted by Crippen LogP contribution is 2.22. The third-order valence-electron chi connectivity index (χ3n) is 2.96. The Bertz CT molecular complexity index is 439. The van der Waals surface area contributed by atoms with Crippen LogP contribution in [0.5, 0.6) is 0 Å². The van der Waals surface area contributed by atoms with E-state index < -0.39 is 5.82 Å². The summed E-state index contributed by atoms with van der Waals surface area (Å²) in [7, 11) is 1.61. The van der Waals surface area contributed by atoms with Gasteiger partial charge in [0.05, 0.1) is 22.2 Å². The highest BCUT2D eigenvalue weighted by Gasteiger charge is 2.31. The van der Waals surface area contributed by atoms with Gasteiger partial charge in [-0.2, -0.15) is 0 Å². The molecule has 2 atom stereocenters. The Kier molecular flexibility index (Phi) is 3.91. The van der Waals surface area contributed by atoms with E-state index in [1.54, 1.807) is 19.2 Å². The van der Waals surface area contributed by atoms with Crippen LogP contribution in [0.2, 0.25) is 0 Å². The molecule has 17 heavy (non-hydrogen) atoms. The maximum atomic E-state index is 13.8. The highest BCUT2D eigenvalue weighted by atomic mass is 79.9. The molecule has 0 bridgehead atoms. The van der Waals surface area contributed by atoms with E-state index in [-0.39, 0.29) is 23.5 Å². The lowest BCUT2D eigenvalue weighted by molar-refractivity contribution is 0.0915. The van der Waals surface area contributed by atoms with Crippen molar-refractivity contribution in [3.8, 4) is 0 Å². The molecule has 3 nitrogen and oxygen atoms in total. The van der Waals surface area contributed by atoms with Crippen molar-refractivity contribution in [1.82, 2.24) is 5.32 Å². The molecule has 1 aliphatic rings. The molecule has 1 fully saturated rings. The van der Waals surface area contributed by atoms with E-state index in [9.17, 15) is 9.18 Å². The number of methoxy groups -OCH3 is 1. The molecule has 0 spiro atoms. The minimum absolute atomic E-state index is 0.0270. The summed E-state index contributed by atoms with van der Waals surface area (Å²) >= 11 is 3.08. The van der Waals surface area contributed by atoms with Crippen molar-refractivity contribution >= 4 is 21.7 Å². The number of ketones is 1. The van der Waals surface area contributed by atoms with Crippen LogP contribution in [0.1, 0.15) is 16.8 Å². The molecule has 1 aromatic carbocycles. The normalized spacial score (nSPS) is 23.9. The second-order valence-corrected chi connectivity index (χ2v) is 4.87. The van der Waals surface area contributed by atoms with Crippen molar-refractivity contribution in [2.45, 2.75) is 18.6 Å². The molecule has 0 radical (unpaired) electrons. The smallest absolute Gasteiger partial charge is 0.182 e. The van der Waals surface area contributed by atoms with Gasteiger partial charge < -0.3 is 10.1 Å². The summed E-state index contributed by atoms with van der Waals surface area (Å²) in [5, 5.41) is 3.05. The van der Waals surface area contributed by atoms with Crippen LogP contribution in [-0.4, -0.2) is 31.6 Å². The van der Waals surface area contributed by atoms with Crippen molar-refractivity contribution in [2.24, 2.45) is 0 Å².